The SMILES string of the molecule is C=CCNC(=O)C(C)Nc1ccc(F)cc1C. The molecule has 3 nitrogen and oxygen atoms in total. The number of aryl methyl sites for hydroxylation is 1. The Morgan fingerprint density at radius 2 is 2.29 bits per heavy atom. The summed E-state index contributed by atoms with van der Waals surface area (Å²) in [5.74, 6) is -0.398. The van der Waals surface area contributed by atoms with E-state index in [-0.39, 0.29) is 17.8 Å². The van der Waals surface area contributed by atoms with E-state index in [1.807, 2.05) is 0 Å². The van der Waals surface area contributed by atoms with Gasteiger partial charge in [-0.3, -0.25) is 4.79 Å². The van der Waals surface area contributed by atoms with Crippen molar-refractivity contribution in [3.8, 4) is 0 Å². The molecule has 1 rings (SSSR count). The summed E-state index contributed by atoms with van der Waals surface area (Å²) >= 11 is 0. The van der Waals surface area contributed by atoms with Gasteiger partial charge in [-0.25, -0.2) is 4.39 Å². The van der Waals surface area contributed by atoms with Gasteiger partial charge in [0.05, 0.1) is 0 Å². The quantitative estimate of drug-likeness (QED) is 0.770. The van der Waals surface area contributed by atoms with E-state index >= 15 is 0 Å². The molecule has 0 aliphatic heterocycles. The molecule has 1 aromatic carbocycles. The lowest BCUT2D eigenvalue weighted by Gasteiger charge is -2.16. The van der Waals surface area contributed by atoms with Crippen molar-refractivity contribution in [2.24, 2.45) is 0 Å². The lowest BCUT2D eigenvalue weighted by atomic mass is 10.1. The maximum atomic E-state index is 12.9. The van der Waals surface area contributed by atoms with Crippen molar-refractivity contribution in [2.75, 3.05) is 11.9 Å². The van der Waals surface area contributed by atoms with Crippen molar-refractivity contribution in [3.05, 3.63) is 42.2 Å². The second kappa shape index (κ2) is 6.03. The molecule has 1 atom stereocenters. The van der Waals surface area contributed by atoms with Gasteiger partial charge in [0.25, 0.3) is 0 Å². The van der Waals surface area contributed by atoms with Gasteiger partial charge < -0.3 is 10.6 Å². The van der Waals surface area contributed by atoms with Crippen LogP contribution >= 0.6 is 0 Å². The number of hydrogen-bond donors (Lipinski definition) is 2. The Kier molecular flexibility index (Phi) is 4.69. The smallest absolute Gasteiger partial charge is 0.242 e. The molecule has 0 spiro atoms. The Labute approximate surface area is 101 Å². The van der Waals surface area contributed by atoms with Crippen LogP contribution in [-0.4, -0.2) is 18.5 Å². The molecule has 4 heteroatoms. The highest BCUT2D eigenvalue weighted by Crippen LogP contribution is 2.16. The largest absolute Gasteiger partial charge is 0.374 e. The molecule has 0 aromatic heterocycles. The molecule has 0 bridgehead atoms. The number of halogens is 1. The molecule has 0 aliphatic rings. The second-order valence-electron chi connectivity index (χ2n) is 3.86. The Hall–Kier alpha value is -1.84. The lowest BCUT2D eigenvalue weighted by molar-refractivity contribution is -0.121. The third kappa shape index (κ3) is 3.90. The Balaban J connectivity index is 2.64. The number of rotatable bonds is 5. The summed E-state index contributed by atoms with van der Waals surface area (Å²) in [4.78, 5) is 11.6. The summed E-state index contributed by atoms with van der Waals surface area (Å²) < 4.78 is 12.9. The Morgan fingerprint density at radius 1 is 1.59 bits per heavy atom. The fourth-order valence-corrected chi connectivity index (χ4v) is 1.41. The first kappa shape index (κ1) is 13.2. The van der Waals surface area contributed by atoms with Crippen LogP contribution in [0.5, 0.6) is 0 Å². The topological polar surface area (TPSA) is 41.1 Å². The molecule has 0 heterocycles. The summed E-state index contributed by atoms with van der Waals surface area (Å²) in [5, 5.41) is 5.72. The predicted octanol–water partition coefficient (Wildman–Crippen LogP) is 2.24. The molecule has 1 unspecified atom stereocenters. The number of benzene rings is 1. The number of carbonyl (C=O) groups excluding carboxylic acids is 1. The van der Waals surface area contributed by atoms with Crippen molar-refractivity contribution in [3.63, 3.8) is 0 Å². The van der Waals surface area contributed by atoms with Crippen LogP contribution in [-0.2, 0) is 4.79 Å². The van der Waals surface area contributed by atoms with E-state index in [1.54, 1.807) is 26.0 Å². The molecular weight excluding hydrogens is 219 g/mol. The normalized spacial score (nSPS) is 11.7. The van der Waals surface area contributed by atoms with Crippen LogP contribution in [0.15, 0.2) is 30.9 Å². The summed E-state index contributed by atoms with van der Waals surface area (Å²) in [6.45, 7) is 7.50. The molecular formula is C13H17FN2O. The monoisotopic (exact) mass is 236 g/mol. The van der Waals surface area contributed by atoms with Crippen LogP contribution in [0, 0.1) is 12.7 Å². The van der Waals surface area contributed by atoms with E-state index < -0.39 is 0 Å². The van der Waals surface area contributed by atoms with Gasteiger partial charge in [-0.2, -0.15) is 0 Å². The summed E-state index contributed by atoms with van der Waals surface area (Å²) in [5.41, 5.74) is 1.53. The maximum Gasteiger partial charge on any atom is 0.242 e. The second-order valence-corrected chi connectivity index (χ2v) is 3.86. The Morgan fingerprint density at radius 3 is 2.88 bits per heavy atom. The zero-order chi connectivity index (χ0) is 12.8. The summed E-state index contributed by atoms with van der Waals surface area (Å²) in [6.07, 6.45) is 1.62. The van der Waals surface area contributed by atoms with Crippen LogP contribution in [0.4, 0.5) is 10.1 Å². The standard InChI is InChI=1S/C13H17FN2O/c1-4-7-15-13(17)10(3)16-12-6-5-11(14)8-9(12)2/h4-6,8,10,16H,1,7H2,2-3H3,(H,15,17). The van der Waals surface area contributed by atoms with E-state index in [0.717, 1.165) is 11.3 Å². The lowest BCUT2D eigenvalue weighted by Crippen LogP contribution is -2.37. The van der Waals surface area contributed by atoms with Crippen molar-refractivity contribution in [1.29, 1.82) is 0 Å². The minimum atomic E-state index is -0.376. The molecule has 0 aliphatic carbocycles. The molecule has 0 radical (unpaired) electrons. The van der Waals surface area contributed by atoms with E-state index in [0.29, 0.717) is 6.54 Å². The average Bonchev–Trinajstić information content (AvgIpc) is 2.29. The number of carbonyl (C=O) groups is 1. The van der Waals surface area contributed by atoms with Gasteiger partial charge in [0.15, 0.2) is 0 Å². The first-order valence-electron chi connectivity index (χ1n) is 5.46. The van der Waals surface area contributed by atoms with Gasteiger partial charge >= 0.3 is 0 Å². The number of anilines is 1. The molecule has 0 saturated heterocycles. The highest BCUT2D eigenvalue weighted by Gasteiger charge is 2.12. The summed E-state index contributed by atoms with van der Waals surface area (Å²) in [6, 6.07) is 4.04. The van der Waals surface area contributed by atoms with Crippen LogP contribution in [0.3, 0.4) is 0 Å². The highest BCUT2D eigenvalue weighted by molar-refractivity contribution is 5.84. The first-order chi connectivity index (χ1) is 8.04. The maximum absolute atomic E-state index is 12.9. The van der Waals surface area contributed by atoms with Crippen LogP contribution < -0.4 is 10.6 Å². The highest BCUT2D eigenvalue weighted by atomic mass is 19.1. The van der Waals surface area contributed by atoms with Crippen molar-refractivity contribution in [1.82, 2.24) is 5.32 Å². The van der Waals surface area contributed by atoms with Gasteiger partial charge in [0.2, 0.25) is 5.91 Å². The summed E-state index contributed by atoms with van der Waals surface area (Å²) in [7, 11) is 0. The van der Waals surface area contributed by atoms with Gasteiger partial charge in [-0.1, -0.05) is 6.08 Å². The van der Waals surface area contributed by atoms with E-state index in [4.69, 9.17) is 0 Å². The molecule has 2 N–H and O–H groups in total. The van der Waals surface area contributed by atoms with Crippen molar-refractivity contribution < 1.29 is 9.18 Å². The predicted molar refractivity (Wildman–Crippen MR) is 67.4 cm³/mol. The van der Waals surface area contributed by atoms with Gasteiger partial charge in [-0.05, 0) is 37.6 Å². The number of nitrogens with one attached hydrogen (secondary N) is 2. The van der Waals surface area contributed by atoms with Crippen LogP contribution in [0.2, 0.25) is 0 Å². The molecule has 17 heavy (non-hydrogen) atoms. The number of amides is 1. The minimum absolute atomic E-state index is 0.117. The van der Waals surface area contributed by atoms with Crippen molar-refractivity contribution >= 4 is 11.6 Å². The van der Waals surface area contributed by atoms with Crippen LogP contribution in [0.1, 0.15) is 12.5 Å². The molecule has 0 fully saturated rings. The zero-order valence-corrected chi connectivity index (χ0v) is 10.1. The minimum Gasteiger partial charge on any atom is -0.374 e. The van der Waals surface area contributed by atoms with E-state index in [2.05, 4.69) is 17.2 Å². The van der Waals surface area contributed by atoms with Gasteiger partial charge in [0, 0.05) is 12.2 Å². The van der Waals surface area contributed by atoms with E-state index in [9.17, 15) is 9.18 Å². The first-order valence-corrected chi connectivity index (χ1v) is 5.46. The zero-order valence-electron chi connectivity index (χ0n) is 10.1. The third-order valence-corrected chi connectivity index (χ3v) is 2.37. The molecule has 92 valence electrons. The average molecular weight is 236 g/mol. The van der Waals surface area contributed by atoms with E-state index in [1.165, 1.54) is 12.1 Å². The fourth-order valence-electron chi connectivity index (χ4n) is 1.41. The van der Waals surface area contributed by atoms with Crippen LogP contribution in [0.25, 0.3) is 0 Å². The molecule has 0 saturated carbocycles. The van der Waals surface area contributed by atoms with Gasteiger partial charge in [0.1, 0.15) is 11.9 Å². The molecule has 1 amide bonds. The Bertz CT molecular complexity index is 418. The van der Waals surface area contributed by atoms with Crippen molar-refractivity contribution in [2.45, 2.75) is 19.9 Å². The molecule has 1 aromatic rings. The van der Waals surface area contributed by atoms with Gasteiger partial charge in [-0.15, -0.1) is 6.58 Å². The number of hydrogen-bond acceptors (Lipinski definition) is 2. The fraction of sp³-hybridized carbons (Fsp3) is 0.308. The third-order valence-electron chi connectivity index (χ3n) is 2.37.